The molecule has 0 aliphatic carbocycles. The van der Waals surface area contributed by atoms with Crippen LogP contribution in [0, 0.1) is 5.82 Å². The van der Waals surface area contributed by atoms with Gasteiger partial charge in [0.1, 0.15) is 10.0 Å². The summed E-state index contributed by atoms with van der Waals surface area (Å²) in [5, 5.41) is 9.97. The largest absolute Gasteiger partial charge is 0.499 e. The smallest absolute Gasteiger partial charge is 0.271 e. The van der Waals surface area contributed by atoms with E-state index >= 15 is 0 Å². The van der Waals surface area contributed by atoms with Crippen LogP contribution in [0.5, 0.6) is 5.06 Å². The van der Waals surface area contributed by atoms with Crippen LogP contribution < -0.4 is 9.62 Å². The minimum Gasteiger partial charge on any atom is -0.499 e. The average molecular weight is 392 g/mol. The van der Waals surface area contributed by atoms with E-state index in [1.807, 2.05) is 19.0 Å². The maximum Gasteiger partial charge on any atom is 0.271 e. The Bertz CT molecular complexity index is 1010. The number of nitrogens with one attached hydrogen (secondary N) is 1. The van der Waals surface area contributed by atoms with Gasteiger partial charge < -0.3 is 10.0 Å². The molecule has 3 aromatic rings. The minimum absolute atomic E-state index is 0.0222. The number of halogens is 1. The van der Waals surface area contributed by atoms with Crippen molar-refractivity contribution in [3.8, 4) is 16.2 Å². The molecule has 26 heavy (non-hydrogen) atoms. The minimum atomic E-state index is -3.84. The Hall–Kier alpha value is -2.58. The fraction of sp³-hybridized carbons (Fsp3) is 0.111. The Labute approximate surface area is 155 Å². The van der Waals surface area contributed by atoms with Crippen LogP contribution in [-0.4, -0.2) is 27.6 Å². The van der Waals surface area contributed by atoms with Crippen LogP contribution in [0.1, 0.15) is 0 Å². The third-order valence-corrected chi connectivity index (χ3v) is 6.54. The van der Waals surface area contributed by atoms with Crippen molar-refractivity contribution < 1.29 is 17.9 Å². The van der Waals surface area contributed by atoms with E-state index in [1.54, 1.807) is 24.3 Å². The molecular weight excluding hydrogens is 375 g/mol. The Morgan fingerprint density at radius 3 is 2.23 bits per heavy atom. The number of benzene rings is 2. The summed E-state index contributed by atoms with van der Waals surface area (Å²) in [6.07, 6.45) is 0. The molecule has 2 N–H and O–H groups in total. The molecule has 8 heteroatoms. The van der Waals surface area contributed by atoms with Gasteiger partial charge in [0.2, 0.25) is 0 Å². The van der Waals surface area contributed by atoms with Crippen molar-refractivity contribution in [3.05, 3.63) is 60.4 Å². The monoisotopic (exact) mass is 392 g/mol. The number of aromatic hydroxyl groups is 1. The lowest BCUT2D eigenvalue weighted by atomic mass is 10.1. The van der Waals surface area contributed by atoms with E-state index in [0.29, 0.717) is 16.8 Å². The van der Waals surface area contributed by atoms with Crippen LogP contribution in [-0.2, 0) is 10.0 Å². The van der Waals surface area contributed by atoms with Gasteiger partial charge in [-0.3, -0.25) is 4.72 Å². The molecule has 0 unspecified atom stereocenters. The first-order valence-electron chi connectivity index (χ1n) is 7.65. The molecule has 0 aliphatic heterocycles. The maximum atomic E-state index is 13.0. The molecule has 0 spiro atoms. The number of thiophene rings is 1. The van der Waals surface area contributed by atoms with Gasteiger partial charge in [-0.1, -0.05) is 23.5 Å². The second kappa shape index (κ2) is 6.97. The molecule has 0 fully saturated rings. The van der Waals surface area contributed by atoms with E-state index in [9.17, 15) is 17.9 Å². The third kappa shape index (κ3) is 3.81. The molecule has 1 heterocycles. The molecule has 2 aromatic carbocycles. The van der Waals surface area contributed by atoms with Gasteiger partial charge in [0.25, 0.3) is 10.0 Å². The standard InChI is InChI=1S/C18H17FN2O3S2/c1-21(2)15-9-7-14(8-10-15)20-26(23,24)17-11-16(18(22)25-17)12-3-5-13(19)6-4-12/h3-11,20,22H,1-2H3. The average Bonchev–Trinajstić information content (AvgIpc) is 2.98. The molecule has 0 radical (unpaired) electrons. The normalized spacial score (nSPS) is 11.3. The molecular formula is C18H17FN2O3S2. The molecule has 0 saturated heterocycles. The summed E-state index contributed by atoms with van der Waals surface area (Å²) in [6, 6.07) is 13.8. The van der Waals surface area contributed by atoms with Crippen LogP contribution in [0.4, 0.5) is 15.8 Å². The highest BCUT2D eigenvalue weighted by Gasteiger charge is 2.21. The van der Waals surface area contributed by atoms with Crippen molar-refractivity contribution in [2.24, 2.45) is 0 Å². The summed E-state index contributed by atoms with van der Waals surface area (Å²) >= 11 is 0.751. The summed E-state index contributed by atoms with van der Waals surface area (Å²) < 4.78 is 40.7. The van der Waals surface area contributed by atoms with Gasteiger partial charge in [0.15, 0.2) is 5.06 Å². The van der Waals surface area contributed by atoms with Gasteiger partial charge in [-0.25, -0.2) is 12.8 Å². The van der Waals surface area contributed by atoms with E-state index in [4.69, 9.17) is 0 Å². The van der Waals surface area contributed by atoms with Crippen LogP contribution in [0.2, 0.25) is 0 Å². The maximum absolute atomic E-state index is 13.0. The number of anilines is 2. The summed E-state index contributed by atoms with van der Waals surface area (Å²) in [6.45, 7) is 0. The van der Waals surface area contributed by atoms with Crippen LogP contribution in [0.15, 0.2) is 58.8 Å². The van der Waals surface area contributed by atoms with Gasteiger partial charge in [0.05, 0.1) is 0 Å². The zero-order valence-corrected chi connectivity index (χ0v) is 15.7. The summed E-state index contributed by atoms with van der Waals surface area (Å²) in [5.41, 5.74) is 2.25. The highest BCUT2D eigenvalue weighted by Crippen LogP contribution is 2.39. The van der Waals surface area contributed by atoms with E-state index in [1.165, 1.54) is 30.3 Å². The number of sulfonamides is 1. The van der Waals surface area contributed by atoms with E-state index in [0.717, 1.165) is 17.0 Å². The Kier molecular flexibility index (Phi) is 4.88. The van der Waals surface area contributed by atoms with Crippen LogP contribution in [0.25, 0.3) is 11.1 Å². The molecule has 1 aromatic heterocycles. The first-order chi connectivity index (χ1) is 12.3. The third-order valence-electron chi connectivity index (χ3n) is 3.75. The Balaban J connectivity index is 1.88. The second-order valence-electron chi connectivity index (χ2n) is 5.84. The summed E-state index contributed by atoms with van der Waals surface area (Å²) in [7, 11) is -0.0566. The zero-order chi connectivity index (χ0) is 18.9. The van der Waals surface area contributed by atoms with Crippen molar-refractivity contribution in [1.29, 1.82) is 0 Å². The summed E-state index contributed by atoms with van der Waals surface area (Å²) in [4.78, 5) is 1.91. The SMILES string of the molecule is CN(C)c1ccc(NS(=O)(=O)c2cc(-c3ccc(F)cc3)c(O)s2)cc1. The van der Waals surface area contributed by atoms with Crippen molar-refractivity contribution in [2.45, 2.75) is 4.21 Å². The second-order valence-corrected chi connectivity index (χ2v) is 8.78. The molecule has 0 aliphatic rings. The molecule has 0 atom stereocenters. The van der Waals surface area contributed by atoms with Gasteiger partial charge in [0, 0.05) is 31.0 Å². The zero-order valence-electron chi connectivity index (χ0n) is 14.1. The van der Waals surface area contributed by atoms with Crippen LogP contribution in [0.3, 0.4) is 0 Å². The van der Waals surface area contributed by atoms with Crippen LogP contribution >= 0.6 is 11.3 Å². The van der Waals surface area contributed by atoms with Gasteiger partial charge in [-0.05, 0) is 48.0 Å². The number of nitrogens with zero attached hydrogens (tertiary/aromatic N) is 1. The first-order valence-corrected chi connectivity index (χ1v) is 9.95. The van der Waals surface area contributed by atoms with Crippen molar-refractivity contribution in [3.63, 3.8) is 0 Å². The predicted molar refractivity (Wildman–Crippen MR) is 103 cm³/mol. The topological polar surface area (TPSA) is 69.6 Å². The van der Waals surface area contributed by atoms with E-state index in [-0.39, 0.29) is 9.27 Å². The van der Waals surface area contributed by atoms with E-state index in [2.05, 4.69) is 4.72 Å². The summed E-state index contributed by atoms with van der Waals surface area (Å²) in [5.74, 6) is -0.404. The fourth-order valence-corrected chi connectivity index (χ4v) is 4.64. The van der Waals surface area contributed by atoms with Gasteiger partial charge >= 0.3 is 0 Å². The highest BCUT2D eigenvalue weighted by atomic mass is 32.2. The molecule has 0 amide bonds. The molecule has 0 bridgehead atoms. The van der Waals surface area contributed by atoms with Gasteiger partial charge in [-0.15, -0.1) is 0 Å². The molecule has 5 nitrogen and oxygen atoms in total. The first kappa shape index (κ1) is 18.2. The number of rotatable bonds is 5. The Morgan fingerprint density at radius 2 is 1.65 bits per heavy atom. The lowest BCUT2D eigenvalue weighted by Gasteiger charge is -2.13. The molecule has 136 valence electrons. The fourth-order valence-electron chi connectivity index (χ4n) is 2.36. The molecule has 0 saturated carbocycles. The van der Waals surface area contributed by atoms with Gasteiger partial charge in [-0.2, -0.15) is 0 Å². The predicted octanol–water partition coefficient (Wildman–Crippen LogP) is 4.13. The lowest BCUT2D eigenvalue weighted by molar-refractivity contribution is 0.492. The number of hydrogen-bond donors (Lipinski definition) is 2. The van der Waals surface area contributed by atoms with Crippen molar-refractivity contribution in [1.82, 2.24) is 0 Å². The lowest BCUT2D eigenvalue weighted by Crippen LogP contribution is -2.12. The van der Waals surface area contributed by atoms with Crippen molar-refractivity contribution >= 4 is 32.7 Å². The quantitative estimate of drug-likeness (QED) is 0.685. The highest BCUT2D eigenvalue weighted by molar-refractivity contribution is 7.94. The van der Waals surface area contributed by atoms with Crippen molar-refractivity contribution in [2.75, 3.05) is 23.7 Å². The van der Waals surface area contributed by atoms with E-state index < -0.39 is 15.8 Å². The number of hydrogen-bond acceptors (Lipinski definition) is 5. The molecule has 3 rings (SSSR count). The Morgan fingerprint density at radius 1 is 1.04 bits per heavy atom.